The maximum atomic E-state index is 12.4. The van der Waals surface area contributed by atoms with Crippen molar-refractivity contribution in [2.24, 2.45) is 0 Å². The number of amides is 1. The summed E-state index contributed by atoms with van der Waals surface area (Å²) in [6.45, 7) is 1.79. The number of nitrogens with zero attached hydrogens (tertiary/aromatic N) is 2. The lowest BCUT2D eigenvalue weighted by molar-refractivity contribution is 0.0736. The molecule has 3 rings (SSSR count). The van der Waals surface area contributed by atoms with Crippen molar-refractivity contribution in [3.05, 3.63) is 17.5 Å². The van der Waals surface area contributed by atoms with Gasteiger partial charge in [0.2, 0.25) is 0 Å². The highest BCUT2D eigenvalue weighted by atomic mass is 16.2. The Morgan fingerprint density at radius 3 is 2.50 bits per heavy atom. The second kappa shape index (κ2) is 5.12. The average Bonchev–Trinajstić information content (AvgIpc) is 3.06. The van der Waals surface area contributed by atoms with Gasteiger partial charge in [-0.1, -0.05) is 19.3 Å². The van der Waals surface area contributed by atoms with Gasteiger partial charge in [-0.05, 0) is 31.7 Å². The Bertz CT molecular complexity index is 414. The SMILES string of the molecule is O=C(c1cc(C2CC2)[nH]n1)N1CCCCCCC1. The molecule has 0 radical (unpaired) electrons. The second-order valence-corrected chi connectivity index (χ2v) is 5.54. The fourth-order valence-corrected chi connectivity index (χ4v) is 2.66. The molecule has 1 aliphatic carbocycles. The highest BCUT2D eigenvalue weighted by molar-refractivity contribution is 5.92. The molecule has 0 spiro atoms. The number of carbonyl (C=O) groups is 1. The van der Waals surface area contributed by atoms with Crippen molar-refractivity contribution in [2.45, 2.75) is 50.9 Å². The van der Waals surface area contributed by atoms with Gasteiger partial charge in [0, 0.05) is 24.7 Å². The molecule has 98 valence electrons. The van der Waals surface area contributed by atoms with Crippen LogP contribution in [-0.2, 0) is 0 Å². The number of aromatic nitrogens is 2. The zero-order chi connectivity index (χ0) is 12.4. The molecule has 2 fully saturated rings. The molecule has 4 heteroatoms. The summed E-state index contributed by atoms with van der Waals surface area (Å²) >= 11 is 0. The van der Waals surface area contributed by atoms with Crippen LogP contribution in [0, 0.1) is 0 Å². The van der Waals surface area contributed by atoms with E-state index in [-0.39, 0.29) is 5.91 Å². The third-order valence-electron chi connectivity index (χ3n) is 3.98. The van der Waals surface area contributed by atoms with Gasteiger partial charge in [0.1, 0.15) is 5.69 Å². The molecular formula is C14H21N3O. The molecule has 1 aromatic rings. The molecule has 2 heterocycles. The smallest absolute Gasteiger partial charge is 0.274 e. The summed E-state index contributed by atoms with van der Waals surface area (Å²) in [4.78, 5) is 14.3. The van der Waals surface area contributed by atoms with Crippen LogP contribution in [0.5, 0.6) is 0 Å². The van der Waals surface area contributed by atoms with Gasteiger partial charge < -0.3 is 4.90 Å². The van der Waals surface area contributed by atoms with Crippen LogP contribution in [0.1, 0.15) is 67.0 Å². The topological polar surface area (TPSA) is 49.0 Å². The molecule has 1 aromatic heterocycles. The fraction of sp³-hybridized carbons (Fsp3) is 0.714. The van der Waals surface area contributed by atoms with Crippen molar-refractivity contribution in [2.75, 3.05) is 13.1 Å². The summed E-state index contributed by atoms with van der Waals surface area (Å²) in [6.07, 6.45) is 8.54. The van der Waals surface area contributed by atoms with Crippen LogP contribution in [0.15, 0.2) is 6.07 Å². The number of likely N-dealkylation sites (tertiary alicyclic amines) is 1. The summed E-state index contributed by atoms with van der Waals surface area (Å²) < 4.78 is 0. The predicted molar refractivity (Wildman–Crippen MR) is 69.6 cm³/mol. The van der Waals surface area contributed by atoms with Gasteiger partial charge in [-0.15, -0.1) is 0 Å². The van der Waals surface area contributed by atoms with Crippen LogP contribution < -0.4 is 0 Å². The van der Waals surface area contributed by atoms with Gasteiger partial charge in [-0.25, -0.2) is 0 Å². The molecule has 1 N–H and O–H groups in total. The number of hydrogen-bond donors (Lipinski definition) is 1. The fourth-order valence-electron chi connectivity index (χ4n) is 2.66. The highest BCUT2D eigenvalue weighted by Crippen LogP contribution is 2.39. The summed E-state index contributed by atoms with van der Waals surface area (Å²) in [7, 11) is 0. The lowest BCUT2D eigenvalue weighted by Crippen LogP contribution is -2.34. The van der Waals surface area contributed by atoms with E-state index in [4.69, 9.17) is 0 Å². The monoisotopic (exact) mass is 247 g/mol. The summed E-state index contributed by atoms with van der Waals surface area (Å²) in [5.41, 5.74) is 1.75. The molecule has 1 amide bonds. The van der Waals surface area contributed by atoms with Crippen molar-refractivity contribution >= 4 is 5.91 Å². The largest absolute Gasteiger partial charge is 0.337 e. The van der Waals surface area contributed by atoms with Gasteiger partial charge in [0.15, 0.2) is 0 Å². The summed E-state index contributed by atoms with van der Waals surface area (Å²) in [5, 5.41) is 7.21. The lowest BCUT2D eigenvalue weighted by atomic mass is 10.1. The van der Waals surface area contributed by atoms with E-state index in [1.165, 1.54) is 32.1 Å². The number of aromatic amines is 1. The Hall–Kier alpha value is -1.32. The van der Waals surface area contributed by atoms with E-state index in [9.17, 15) is 4.79 Å². The third-order valence-corrected chi connectivity index (χ3v) is 3.98. The first-order valence-electron chi connectivity index (χ1n) is 7.19. The molecule has 2 aliphatic rings. The molecule has 0 unspecified atom stereocenters. The first-order chi connectivity index (χ1) is 8.84. The zero-order valence-corrected chi connectivity index (χ0v) is 10.8. The Labute approximate surface area is 108 Å². The van der Waals surface area contributed by atoms with Gasteiger partial charge in [0.25, 0.3) is 5.91 Å². The maximum absolute atomic E-state index is 12.4. The van der Waals surface area contributed by atoms with Gasteiger partial charge in [-0.2, -0.15) is 5.10 Å². The molecule has 18 heavy (non-hydrogen) atoms. The van der Waals surface area contributed by atoms with Crippen molar-refractivity contribution in [1.82, 2.24) is 15.1 Å². The number of nitrogens with one attached hydrogen (secondary N) is 1. The van der Waals surface area contributed by atoms with Crippen LogP contribution in [0.2, 0.25) is 0 Å². The minimum Gasteiger partial charge on any atom is -0.337 e. The maximum Gasteiger partial charge on any atom is 0.274 e. The van der Waals surface area contributed by atoms with E-state index >= 15 is 0 Å². The molecule has 4 nitrogen and oxygen atoms in total. The molecule has 1 saturated heterocycles. The molecule has 0 bridgehead atoms. The van der Waals surface area contributed by atoms with Crippen LogP contribution in [0.3, 0.4) is 0 Å². The standard InChI is InChI=1S/C14H21N3O/c18-14(17-8-4-2-1-3-5-9-17)13-10-12(15-16-13)11-6-7-11/h10-11H,1-9H2,(H,15,16). The van der Waals surface area contributed by atoms with Crippen molar-refractivity contribution in [1.29, 1.82) is 0 Å². The van der Waals surface area contributed by atoms with Crippen molar-refractivity contribution < 1.29 is 4.79 Å². The van der Waals surface area contributed by atoms with E-state index in [1.54, 1.807) is 0 Å². The Morgan fingerprint density at radius 1 is 1.17 bits per heavy atom. The highest BCUT2D eigenvalue weighted by Gasteiger charge is 2.27. The first kappa shape index (κ1) is 11.8. The van der Waals surface area contributed by atoms with Gasteiger partial charge >= 0.3 is 0 Å². The predicted octanol–water partition coefficient (Wildman–Crippen LogP) is 2.69. The molecule has 1 aliphatic heterocycles. The van der Waals surface area contributed by atoms with E-state index in [2.05, 4.69) is 10.2 Å². The Balaban J connectivity index is 1.67. The summed E-state index contributed by atoms with van der Waals surface area (Å²) in [5.74, 6) is 0.742. The average molecular weight is 247 g/mol. The third kappa shape index (κ3) is 2.57. The quantitative estimate of drug-likeness (QED) is 0.873. The van der Waals surface area contributed by atoms with Crippen LogP contribution in [0.4, 0.5) is 0 Å². The van der Waals surface area contributed by atoms with Crippen molar-refractivity contribution in [3.8, 4) is 0 Å². The van der Waals surface area contributed by atoms with Gasteiger partial charge in [-0.3, -0.25) is 9.89 Å². The van der Waals surface area contributed by atoms with E-state index in [1.807, 2.05) is 11.0 Å². The minimum absolute atomic E-state index is 0.111. The minimum atomic E-state index is 0.111. The number of carbonyl (C=O) groups excluding carboxylic acids is 1. The van der Waals surface area contributed by atoms with Crippen LogP contribution in [-0.4, -0.2) is 34.1 Å². The second-order valence-electron chi connectivity index (χ2n) is 5.54. The van der Waals surface area contributed by atoms with E-state index in [0.29, 0.717) is 11.6 Å². The molecule has 0 atom stereocenters. The van der Waals surface area contributed by atoms with Gasteiger partial charge in [0.05, 0.1) is 0 Å². The number of hydrogen-bond acceptors (Lipinski definition) is 2. The lowest BCUT2D eigenvalue weighted by Gasteiger charge is -2.23. The van der Waals surface area contributed by atoms with E-state index in [0.717, 1.165) is 31.6 Å². The van der Waals surface area contributed by atoms with Crippen LogP contribution >= 0.6 is 0 Å². The summed E-state index contributed by atoms with van der Waals surface area (Å²) in [6, 6.07) is 1.96. The Kier molecular flexibility index (Phi) is 3.35. The zero-order valence-electron chi connectivity index (χ0n) is 10.8. The first-order valence-corrected chi connectivity index (χ1v) is 7.19. The van der Waals surface area contributed by atoms with Crippen LogP contribution in [0.25, 0.3) is 0 Å². The number of rotatable bonds is 2. The van der Waals surface area contributed by atoms with E-state index < -0.39 is 0 Å². The molecular weight excluding hydrogens is 226 g/mol. The number of H-pyrrole nitrogens is 1. The molecule has 1 saturated carbocycles. The van der Waals surface area contributed by atoms with Crippen molar-refractivity contribution in [3.63, 3.8) is 0 Å². The Morgan fingerprint density at radius 2 is 1.83 bits per heavy atom. The normalized spacial score (nSPS) is 21.4. The molecule has 0 aromatic carbocycles.